The molecule has 1 atom stereocenters. The second-order valence-corrected chi connectivity index (χ2v) is 4.76. The van der Waals surface area contributed by atoms with Crippen molar-refractivity contribution in [3.63, 3.8) is 0 Å². The molecule has 0 radical (unpaired) electrons. The Hall–Kier alpha value is -1.09. The van der Waals surface area contributed by atoms with Gasteiger partial charge in [-0.3, -0.25) is 0 Å². The molecule has 16 heavy (non-hydrogen) atoms. The molecule has 1 aromatic heterocycles. The predicted molar refractivity (Wildman–Crippen MR) is 65.7 cm³/mol. The van der Waals surface area contributed by atoms with Crippen LogP contribution in [-0.2, 0) is 0 Å². The van der Waals surface area contributed by atoms with Crippen LogP contribution in [0, 0.1) is 0 Å². The van der Waals surface area contributed by atoms with Crippen LogP contribution >= 0.6 is 0 Å². The van der Waals surface area contributed by atoms with Crippen LogP contribution in [-0.4, -0.2) is 24.6 Å². The monoisotopic (exact) mass is 217 g/mol. The van der Waals surface area contributed by atoms with E-state index in [1.807, 2.05) is 0 Å². The van der Waals surface area contributed by atoms with Gasteiger partial charge in [0, 0.05) is 19.1 Å². The molecule has 2 fully saturated rings. The number of rotatable bonds is 2. The summed E-state index contributed by atoms with van der Waals surface area (Å²) in [4.78, 5) is 7.20. The van der Waals surface area contributed by atoms with Crippen LogP contribution in [0.1, 0.15) is 37.4 Å². The number of hydrogen-bond acceptors (Lipinski definition) is 3. The molecule has 3 rings (SSSR count). The van der Waals surface area contributed by atoms with E-state index in [4.69, 9.17) is 4.98 Å². The van der Waals surface area contributed by atoms with Crippen molar-refractivity contribution >= 4 is 5.82 Å². The number of aromatic nitrogens is 1. The molecular weight excluding hydrogens is 198 g/mol. The maximum absolute atomic E-state index is 4.80. The highest BCUT2D eigenvalue weighted by atomic mass is 15.2. The van der Waals surface area contributed by atoms with Crippen LogP contribution < -0.4 is 10.2 Å². The number of pyridine rings is 1. The molecule has 2 aliphatic rings. The smallest absolute Gasteiger partial charge is 0.128 e. The summed E-state index contributed by atoms with van der Waals surface area (Å²) >= 11 is 0. The molecule has 0 saturated carbocycles. The van der Waals surface area contributed by atoms with E-state index in [2.05, 4.69) is 28.4 Å². The molecule has 3 heterocycles. The minimum Gasteiger partial charge on any atom is -0.357 e. The van der Waals surface area contributed by atoms with Crippen molar-refractivity contribution in [1.29, 1.82) is 0 Å². The van der Waals surface area contributed by atoms with Crippen molar-refractivity contribution in [2.45, 2.75) is 31.7 Å². The van der Waals surface area contributed by atoms with Gasteiger partial charge in [-0.05, 0) is 44.4 Å². The van der Waals surface area contributed by atoms with E-state index in [0.29, 0.717) is 6.04 Å². The Balaban J connectivity index is 1.81. The van der Waals surface area contributed by atoms with Crippen LogP contribution in [0.15, 0.2) is 18.2 Å². The zero-order valence-electron chi connectivity index (χ0n) is 9.65. The van der Waals surface area contributed by atoms with Gasteiger partial charge in [-0.2, -0.15) is 0 Å². The number of anilines is 1. The average molecular weight is 217 g/mol. The molecule has 0 aromatic carbocycles. The molecule has 2 aliphatic heterocycles. The molecule has 3 nitrogen and oxygen atoms in total. The first-order chi connectivity index (χ1) is 7.93. The molecule has 1 aromatic rings. The van der Waals surface area contributed by atoms with Gasteiger partial charge >= 0.3 is 0 Å². The number of nitrogens with zero attached hydrogens (tertiary/aromatic N) is 2. The van der Waals surface area contributed by atoms with Crippen molar-refractivity contribution in [3.8, 4) is 0 Å². The van der Waals surface area contributed by atoms with Gasteiger partial charge in [0.05, 0.1) is 5.69 Å². The van der Waals surface area contributed by atoms with E-state index in [1.54, 1.807) is 0 Å². The minimum absolute atomic E-state index is 0.488. The zero-order valence-corrected chi connectivity index (χ0v) is 9.65. The molecular formula is C13H19N3. The summed E-state index contributed by atoms with van der Waals surface area (Å²) in [5.41, 5.74) is 1.22. The molecule has 3 heteroatoms. The Morgan fingerprint density at radius 3 is 2.81 bits per heavy atom. The van der Waals surface area contributed by atoms with E-state index in [9.17, 15) is 0 Å². The van der Waals surface area contributed by atoms with Gasteiger partial charge in [0.2, 0.25) is 0 Å². The summed E-state index contributed by atoms with van der Waals surface area (Å²) in [6.07, 6.45) is 5.14. The SMILES string of the molecule is c1cc(C2CCCN2)nc(N2CCCC2)c1. The van der Waals surface area contributed by atoms with E-state index in [0.717, 1.165) is 6.54 Å². The maximum atomic E-state index is 4.80. The Bertz CT molecular complexity index is 321. The van der Waals surface area contributed by atoms with Gasteiger partial charge in [-0.1, -0.05) is 6.07 Å². The number of hydrogen-bond donors (Lipinski definition) is 1. The summed E-state index contributed by atoms with van der Waals surface area (Å²) in [6, 6.07) is 6.94. The lowest BCUT2D eigenvalue weighted by Crippen LogP contribution is -2.21. The van der Waals surface area contributed by atoms with Crippen molar-refractivity contribution in [1.82, 2.24) is 10.3 Å². The van der Waals surface area contributed by atoms with Crippen LogP contribution in [0.25, 0.3) is 0 Å². The molecule has 0 spiro atoms. The molecule has 0 aliphatic carbocycles. The van der Waals surface area contributed by atoms with E-state index in [1.165, 1.54) is 50.3 Å². The lowest BCUT2D eigenvalue weighted by Gasteiger charge is -2.18. The Kier molecular flexibility index (Phi) is 2.79. The highest BCUT2D eigenvalue weighted by Gasteiger charge is 2.19. The molecule has 0 bridgehead atoms. The zero-order chi connectivity index (χ0) is 10.8. The first kappa shape index (κ1) is 10.1. The van der Waals surface area contributed by atoms with Crippen molar-refractivity contribution < 1.29 is 0 Å². The van der Waals surface area contributed by atoms with Gasteiger partial charge in [0.15, 0.2) is 0 Å². The lowest BCUT2D eigenvalue weighted by atomic mass is 10.1. The van der Waals surface area contributed by atoms with Gasteiger partial charge in [-0.15, -0.1) is 0 Å². The van der Waals surface area contributed by atoms with Crippen LogP contribution in [0.4, 0.5) is 5.82 Å². The molecule has 1 N–H and O–H groups in total. The third kappa shape index (κ3) is 1.92. The highest BCUT2D eigenvalue weighted by Crippen LogP contribution is 2.24. The third-order valence-electron chi connectivity index (χ3n) is 3.60. The van der Waals surface area contributed by atoms with E-state index < -0.39 is 0 Å². The Morgan fingerprint density at radius 2 is 2.06 bits per heavy atom. The third-order valence-corrected chi connectivity index (χ3v) is 3.60. The molecule has 1 unspecified atom stereocenters. The minimum atomic E-state index is 0.488. The standard InChI is InChI=1S/C13H19N3/c1-2-10-16(9-1)13-7-3-5-12(15-13)11-6-4-8-14-11/h3,5,7,11,14H,1-2,4,6,8-10H2. The maximum Gasteiger partial charge on any atom is 0.128 e. The highest BCUT2D eigenvalue weighted by molar-refractivity contribution is 5.40. The fourth-order valence-electron chi connectivity index (χ4n) is 2.69. The first-order valence-electron chi connectivity index (χ1n) is 6.39. The average Bonchev–Trinajstić information content (AvgIpc) is 3.03. The first-order valence-corrected chi connectivity index (χ1v) is 6.39. The lowest BCUT2D eigenvalue weighted by molar-refractivity contribution is 0.627. The fourth-order valence-corrected chi connectivity index (χ4v) is 2.69. The predicted octanol–water partition coefficient (Wildman–Crippen LogP) is 2.11. The normalized spacial score (nSPS) is 25.2. The van der Waals surface area contributed by atoms with E-state index >= 15 is 0 Å². The molecule has 0 amide bonds. The molecule has 2 saturated heterocycles. The van der Waals surface area contributed by atoms with Crippen molar-refractivity contribution in [2.24, 2.45) is 0 Å². The van der Waals surface area contributed by atoms with Gasteiger partial charge in [-0.25, -0.2) is 4.98 Å². The van der Waals surface area contributed by atoms with Gasteiger partial charge in [0.1, 0.15) is 5.82 Å². The summed E-state index contributed by atoms with van der Waals surface area (Å²) in [7, 11) is 0. The van der Waals surface area contributed by atoms with Crippen LogP contribution in [0.2, 0.25) is 0 Å². The van der Waals surface area contributed by atoms with Gasteiger partial charge in [0.25, 0.3) is 0 Å². The second kappa shape index (κ2) is 4.42. The van der Waals surface area contributed by atoms with E-state index in [-0.39, 0.29) is 0 Å². The molecule has 86 valence electrons. The quantitative estimate of drug-likeness (QED) is 0.822. The van der Waals surface area contributed by atoms with Gasteiger partial charge < -0.3 is 10.2 Å². The number of nitrogens with one attached hydrogen (secondary N) is 1. The second-order valence-electron chi connectivity index (χ2n) is 4.76. The summed E-state index contributed by atoms with van der Waals surface area (Å²) in [5, 5.41) is 3.51. The Labute approximate surface area is 96.9 Å². The summed E-state index contributed by atoms with van der Waals surface area (Å²) in [6.45, 7) is 3.49. The summed E-state index contributed by atoms with van der Waals surface area (Å²) < 4.78 is 0. The van der Waals surface area contributed by atoms with Crippen LogP contribution in [0.5, 0.6) is 0 Å². The van der Waals surface area contributed by atoms with Crippen molar-refractivity contribution in [2.75, 3.05) is 24.5 Å². The largest absolute Gasteiger partial charge is 0.357 e. The van der Waals surface area contributed by atoms with Crippen molar-refractivity contribution in [3.05, 3.63) is 23.9 Å². The summed E-state index contributed by atoms with van der Waals surface area (Å²) in [5.74, 6) is 1.17. The fraction of sp³-hybridized carbons (Fsp3) is 0.615. The Morgan fingerprint density at radius 1 is 1.19 bits per heavy atom. The van der Waals surface area contributed by atoms with Crippen LogP contribution in [0.3, 0.4) is 0 Å². The topological polar surface area (TPSA) is 28.2 Å².